The van der Waals surface area contributed by atoms with Crippen LogP contribution in [0.3, 0.4) is 0 Å². The zero-order chi connectivity index (χ0) is 15.6. The summed E-state index contributed by atoms with van der Waals surface area (Å²) in [5.41, 5.74) is 4.18. The first-order valence-electron chi connectivity index (χ1n) is 7.12. The minimum absolute atomic E-state index is 0.0474. The Morgan fingerprint density at radius 1 is 1.24 bits per heavy atom. The molecule has 0 aliphatic rings. The lowest BCUT2D eigenvalue weighted by Crippen LogP contribution is -2.22. The minimum Gasteiger partial charge on any atom is -0.496 e. The molecule has 0 fully saturated rings. The first-order valence-corrected chi connectivity index (χ1v) is 7.12. The summed E-state index contributed by atoms with van der Waals surface area (Å²) in [6.07, 6.45) is 1.98. The molecule has 114 valence electrons. The third-order valence-electron chi connectivity index (χ3n) is 3.49. The summed E-state index contributed by atoms with van der Waals surface area (Å²) >= 11 is 0. The van der Waals surface area contributed by atoms with Gasteiger partial charge >= 0.3 is 0 Å². The molecule has 0 aliphatic heterocycles. The van der Waals surface area contributed by atoms with E-state index in [9.17, 15) is 0 Å². The Hall–Kier alpha value is -2.04. The number of methoxy groups -OCH3 is 1. The van der Waals surface area contributed by atoms with Crippen molar-refractivity contribution in [3.05, 3.63) is 35.2 Å². The Morgan fingerprint density at radius 3 is 2.52 bits per heavy atom. The zero-order valence-corrected chi connectivity index (χ0v) is 13.7. The number of anilines is 1. The fraction of sp³-hybridized carbons (Fsp3) is 0.500. The predicted octanol–water partition coefficient (Wildman–Crippen LogP) is 3.27. The van der Waals surface area contributed by atoms with Gasteiger partial charge in [-0.3, -0.25) is 0 Å². The van der Waals surface area contributed by atoms with Crippen LogP contribution in [0.5, 0.6) is 5.75 Å². The van der Waals surface area contributed by atoms with Crippen LogP contribution in [0, 0.1) is 13.8 Å². The summed E-state index contributed by atoms with van der Waals surface area (Å²) in [4.78, 5) is 0. The zero-order valence-electron chi connectivity index (χ0n) is 13.7. The summed E-state index contributed by atoms with van der Waals surface area (Å²) in [7, 11) is 1.70. The van der Waals surface area contributed by atoms with Gasteiger partial charge in [-0.15, -0.1) is 5.10 Å². The summed E-state index contributed by atoms with van der Waals surface area (Å²) in [6.45, 7) is 11.1. The number of hydrogen-bond acceptors (Lipinski definition) is 4. The molecule has 0 atom stereocenters. The van der Waals surface area contributed by atoms with Crippen LogP contribution in [0.1, 0.15) is 37.6 Å². The highest BCUT2D eigenvalue weighted by atomic mass is 16.5. The van der Waals surface area contributed by atoms with Crippen molar-refractivity contribution in [1.29, 1.82) is 0 Å². The van der Waals surface area contributed by atoms with Gasteiger partial charge in [0.25, 0.3) is 0 Å². The van der Waals surface area contributed by atoms with Crippen LogP contribution in [-0.4, -0.2) is 22.1 Å². The lowest BCUT2D eigenvalue weighted by atomic mass is 10.1. The van der Waals surface area contributed by atoms with Gasteiger partial charge in [0.05, 0.1) is 25.4 Å². The third kappa shape index (κ3) is 3.35. The van der Waals surface area contributed by atoms with Crippen LogP contribution in [0.2, 0.25) is 0 Å². The van der Waals surface area contributed by atoms with Crippen LogP contribution >= 0.6 is 0 Å². The minimum atomic E-state index is -0.0474. The molecule has 1 heterocycles. The number of aromatic nitrogens is 3. The molecule has 2 aromatic rings. The second-order valence-electron chi connectivity index (χ2n) is 6.27. The van der Waals surface area contributed by atoms with E-state index in [1.807, 2.05) is 17.8 Å². The van der Waals surface area contributed by atoms with Gasteiger partial charge in [0.15, 0.2) is 0 Å². The van der Waals surface area contributed by atoms with Gasteiger partial charge in [0, 0.05) is 11.3 Å². The number of nitrogens with one attached hydrogen (secondary N) is 1. The number of ether oxygens (including phenoxy) is 1. The number of aryl methyl sites for hydroxylation is 1. The van der Waals surface area contributed by atoms with Crippen molar-refractivity contribution in [3.8, 4) is 5.75 Å². The van der Waals surface area contributed by atoms with Gasteiger partial charge in [-0.05, 0) is 46.2 Å². The highest BCUT2D eigenvalue weighted by Crippen LogP contribution is 2.29. The topological polar surface area (TPSA) is 52.0 Å². The number of nitrogens with zero attached hydrogens (tertiary/aromatic N) is 3. The van der Waals surface area contributed by atoms with Gasteiger partial charge < -0.3 is 10.1 Å². The van der Waals surface area contributed by atoms with Crippen molar-refractivity contribution in [2.75, 3.05) is 12.4 Å². The average molecular weight is 288 g/mol. The molecule has 0 unspecified atom stereocenters. The van der Waals surface area contributed by atoms with E-state index >= 15 is 0 Å². The second-order valence-corrected chi connectivity index (χ2v) is 6.27. The molecule has 0 saturated heterocycles. The molecule has 0 saturated carbocycles. The molecule has 1 aromatic heterocycles. The number of rotatable bonds is 4. The third-order valence-corrected chi connectivity index (χ3v) is 3.49. The lowest BCUT2D eigenvalue weighted by Gasteiger charge is -2.17. The molecule has 1 aromatic carbocycles. The van der Waals surface area contributed by atoms with Crippen LogP contribution in [0.15, 0.2) is 18.3 Å². The summed E-state index contributed by atoms with van der Waals surface area (Å²) < 4.78 is 7.33. The normalized spacial score (nSPS) is 11.5. The Labute approximate surface area is 126 Å². The van der Waals surface area contributed by atoms with E-state index in [4.69, 9.17) is 4.74 Å². The quantitative estimate of drug-likeness (QED) is 0.938. The van der Waals surface area contributed by atoms with Crippen LogP contribution in [0.25, 0.3) is 0 Å². The molecule has 2 rings (SSSR count). The van der Waals surface area contributed by atoms with Gasteiger partial charge in [-0.25, -0.2) is 4.68 Å². The Bertz CT molecular complexity index is 626. The largest absolute Gasteiger partial charge is 0.496 e. The van der Waals surface area contributed by atoms with Crippen molar-refractivity contribution < 1.29 is 4.74 Å². The first kappa shape index (κ1) is 15.4. The van der Waals surface area contributed by atoms with Crippen LogP contribution in [-0.2, 0) is 12.1 Å². The molecule has 0 spiro atoms. The van der Waals surface area contributed by atoms with E-state index in [-0.39, 0.29) is 5.54 Å². The summed E-state index contributed by atoms with van der Waals surface area (Å²) in [6, 6.07) is 4.13. The van der Waals surface area contributed by atoms with Gasteiger partial charge in [-0.1, -0.05) is 11.3 Å². The van der Waals surface area contributed by atoms with Gasteiger partial charge in [-0.2, -0.15) is 0 Å². The Balaban J connectivity index is 2.12. The SMILES string of the molecule is COc1c(C)ccc(NCc2cn(C(C)(C)C)nn2)c1C. The van der Waals surface area contributed by atoms with Crippen LogP contribution < -0.4 is 10.1 Å². The number of hydrogen-bond donors (Lipinski definition) is 1. The van der Waals surface area contributed by atoms with Crippen molar-refractivity contribution >= 4 is 5.69 Å². The highest BCUT2D eigenvalue weighted by molar-refractivity contribution is 5.59. The maximum atomic E-state index is 5.45. The monoisotopic (exact) mass is 288 g/mol. The smallest absolute Gasteiger partial charge is 0.126 e. The van der Waals surface area contributed by atoms with E-state index in [0.717, 1.165) is 28.3 Å². The molecular weight excluding hydrogens is 264 g/mol. The molecule has 5 heteroatoms. The lowest BCUT2D eigenvalue weighted by molar-refractivity contribution is 0.347. The second kappa shape index (κ2) is 5.76. The Morgan fingerprint density at radius 2 is 1.95 bits per heavy atom. The maximum absolute atomic E-state index is 5.45. The Kier molecular flexibility index (Phi) is 4.21. The average Bonchev–Trinajstić information content (AvgIpc) is 2.87. The fourth-order valence-electron chi connectivity index (χ4n) is 2.23. The van der Waals surface area contributed by atoms with Crippen molar-refractivity contribution in [2.45, 2.75) is 46.7 Å². The molecule has 1 N–H and O–H groups in total. The van der Waals surface area contributed by atoms with E-state index in [0.29, 0.717) is 6.54 Å². The first-order chi connectivity index (χ1) is 9.82. The van der Waals surface area contributed by atoms with Gasteiger partial charge in [0.1, 0.15) is 11.4 Å². The molecule has 21 heavy (non-hydrogen) atoms. The summed E-state index contributed by atoms with van der Waals surface area (Å²) in [5.74, 6) is 0.929. The molecule has 5 nitrogen and oxygen atoms in total. The van der Waals surface area contributed by atoms with Gasteiger partial charge in [0.2, 0.25) is 0 Å². The maximum Gasteiger partial charge on any atom is 0.126 e. The van der Waals surface area contributed by atoms with E-state index in [1.54, 1.807) is 7.11 Å². The molecule has 0 bridgehead atoms. The standard InChI is InChI=1S/C16H24N4O/c1-11-7-8-14(12(2)15(11)21-6)17-9-13-10-20(19-18-13)16(3,4)5/h7-8,10,17H,9H2,1-6H3. The summed E-state index contributed by atoms with van der Waals surface area (Å²) in [5, 5.41) is 11.8. The molecule has 0 radical (unpaired) electrons. The fourth-order valence-corrected chi connectivity index (χ4v) is 2.23. The van der Waals surface area contributed by atoms with E-state index in [1.165, 1.54) is 0 Å². The molecule has 0 aliphatic carbocycles. The van der Waals surface area contributed by atoms with Crippen LogP contribution in [0.4, 0.5) is 5.69 Å². The van der Waals surface area contributed by atoms with E-state index in [2.05, 4.69) is 55.5 Å². The van der Waals surface area contributed by atoms with E-state index < -0.39 is 0 Å². The molecular formula is C16H24N4O. The molecule has 0 amide bonds. The van der Waals surface area contributed by atoms with Crippen molar-refractivity contribution in [1.82, 2.24) is 15.0 Å². The predicted molar refractivity (Wildman–Crippen MR) is 84.8 cm³/mol. The number of benzene rings is 1. The highest BCUT2D eigenvalue weighted by Gasteiger charge is 2.15. The van der Waals surface area contributed by atoms with Crippen molar-refractivity contribution in [3.63, 3.8) is 0 Å². The van der Waals surface area contributed by atoms with Crippen molar-refractivity contribution in [2.24, 2.45) is 0 Å².